The van der Waals surface area contributed by atoms with E-state index in [4.69, 9.17) is 37.4 Å². The second-order valence-electron chi connectivity index (χ2n) is 8.03. The lowest BCUT2D eigenvalue weighted by molar-refractivity contribution is -0.165. The van der Waals surface area contributed by atoms with Gasteiger partial charge in [-0.1, -0.05) is 53.5 Å². The van der Waals surface area contributed by atoms with E-state index in [0.717, 1.165) is 5.56 Å². The predicted molar refractivity (Wildman–Crippen MR) is 134 cm³/mol. The maximum atomic E-state index is 13.1. The van der Waals surface area contributed by atoms with Crippen molar-refractivity contribution in [1.82, 2.24) is 5.32 Å². The van der Waals surface area contributed by atoms with E-state index in [1.807, 2.05) is 30.3 Å². The Bertz CT molecular complexity index is 1230. The summed E-state index contributed by atoms with van der Waals surface area (Å²) in [6, 6.07) is 19.4. The second-order valence-corrected chi connectivity index (χ2v) is 8.87. The molecule has 0 aromatic heterocycles. The van der Waals surface area contributed by atoms with Crippen molar-refractivity contribution in [2.75, 3.05) is 19.8 Å². The zero-order valence-electron chi connectivity index (χ0n) is 19.2. The van der Waals surface area contributed by atoms with Gasteiger partial charge in [-0.05, 0) is 55.3 Å². The van der Waals surface area contributed by atoms with Gasteiger partial charge in [0.1, 0.15) is 11.5 Å². The number of esters is 1. The van der Waals surface area contributed by atoms with E-state index in [1.165, 1.54) is 6.07 Å². The highest BCUT2D eigenvalue weighted by molar-refractivity contribution is 6.32. The summed E-state index contributed by atoms with van der Waals surface area (Å²) in [6.07, 6.45) is 0.898. The van der Waals surface area contributed by atoms with Gasteiger partial charge in [-0.15, -0.1) is 0 Å². The first kappa shape index (κ1) is 24.9. The van der Waals surface area contributed by atoms with Crippen LogP contribution in [0.3, 0.4) is 0 Å². The number of hydrogen-bond donors (Lipinski definition) is 1. The van der Waals surface area contributed by atoms with Gasteiger partial charge in [-0.2, -0.15) is 0 Å². The Kier molecular flexibility index (Phi) is 7.83. The second kappa shape index (κ2) is 11.0. The third kappa shape index (κ3) is 5.55. The van der Waals surface area contributed by atoms with E-state index < -0.39 is 11.6 Å². The van der Waals surface area contributed by atoms with Crippen molar-refractivity contribution >= 4 is 35.1 Å². The fraction of sp³-hybridized carbons (Fsp3) is 0.259. The molecule has 8 heteroatoms. The predicted octanol–water partition coefficient (Wildman–Crippen LogP) is 5.59. The topological polar surface area (TPSA) is 73.9 Å². The molecule has 1 N–H and O–H groups in total. The van der Waals surface area contributed by atoms with Crippen LogP contribution in [0.1, 0.15) is 34.8 Å². The summed E-state index contributed by atoms with van der Waals surface area (Å²) in [7, 11) is 0. The molecule has 0 radical (unpaired) electrons. The molecule has 1 aliphatic heterocycles. The highest BCUT2D eigenvalue weighted by Gasteiger charge is 2.49. The number of ether oxygens (including phenoxy) is 3. The van der Waals surface area contributed by atoms with E-state index in [-0.39, 0.29) is 36.3 Å². The van der Waals surface area contributed by atoms with Crippen molar-refractivity contribution in [1.29, 1.82) is 0 Å². The monoisotopic (exact) mass is 513 g/mol. The number of nitrogens with one attached hydrogen (secondary N) is 1. The van der Waals surface area contributed by atoms with Gasteiger partial charge in [-0.25, -0.2) is 4.79 Å². The summed E-state index contributed by atoms with van der Waals surface area (Å²) in [5, 5.41) is 3.74. The first-order valence-corrected chi connectivity index (χ1v) is 12.1. The summed E-state index contributed by atoms with van der Waals surface area (Å²) in [4.78, 5) is 25.8. The van der Waals surface area contributed by atoms with E-state index in [9.17, 15) is 9.59 Å². The molecular formula is C27H25Cl2NO5. The van der Waals surface area contributed by atoms with Crippen molar-refractivity contribution in [2.45, 2.75) is 25.4 Å². The molecular weight excluding hydrogens is 489 g/mol. The fourth-order valence-electron chi connectivity index (χ4n) is 4.00. The summed E-state index contributed by atoms with van der Waals surface area (Å²) < 4.78 is 17.4. The number of halogens is 2. The Morgan fingerprint density at radius 2 is 1.89 bits per heavy atom. The van der Waals surface area contributed by atoms with Gasteiger partial charge in [0, 0.05) is 29.1 Å². The third-order valence-electron chi connectivity index (χ3n) is 5.71. The van der Waals surface area contributed by atoms with Crippen LogP contribution in [0.25, 0.3) is 0 Å². The van der Waals surface area contributed by atoms with Gasteiger partial charge < -0.3 is 19.5 Å². The van der Waals surface area contributed by atoms with Gasteiger partial charge in [0.15, 0.2) is 0 Å². The first-order chi connectivity index (χ1) is 16.9. The summed E-state index contributed by atoms with van der Waals surface area (Å²) in [5.74, 6) is 0.0391. The van der Waals surface area contributed by atoms with Crippen molar-refractivity contribution < 1.29 is 23.8 Å². The molecule has 1 heterocycles. The molecule has 0 saturated carbocycles. The average molecular weight is 514 g/mol. The lowest BCUT2D eigenvalue weighted by Crippen LogP contribution is -2.46. The molecule has 0 fully saturated rings. The minimum absolute atomic E-state index is 0.203. The molecule has 182 valence electrons. The van der Waals surface area contributed by atoms with Crippen molar-refractivity contribution in [2.24, 2.45) is 0 Å². The minimum Gasteiger partial charge on any atom is -0.493 e. The van der Waals surface area contributed by atoms with Gasteiger partial charge in [0.05, 0.1) is 18.2 Å². The largest absolute Gasteiger partial charge is 0.493 e. The first-order valence-electron chi connectivity index (χ1n) is 11.3. The highest BCUT2D eigenvalue weighted by atomic mass is 35.5. The number of amides is 1. The smallest absolute Gasteiger partial charge is 0.355 e. The highest BCUT2D eigenvalue weighted by Crippen LogP contribution is 2.43. The van der Waals surface area contributed by atoms with E-state index >= 15 is 0 Å². The Morgan fingerprint density at radius 1 is 1.06 bits per heavy atom. The van der Waals surface area contributed by atoms with Crippen LogP contribution in [0.2, 0.25) is 10.0 Å². The molecule has 0 spiro atoms. The number of benzene rings is 3. The molecule has 0 bridgehead atoms. The maximum absolute atomic E-state index is 13.1. The van der Waals surface area contributed by atoms with Crippen LogP contribution in [0.15, 0.2) is 66.7 Å². The summed E-state index contributed by atoms with van der Waals surface area (Å²) in [5.41, 5.74) is 0.574. The Labute approximate surface area is 214 Å². The Balaban J connectivity index is 1.51. The quantitative estimate of drug-likeness (QED) is 0.397. The van der Waals surface area contributed by atoms with Crippen LogP contribution in [0.5, 0.6) is 11.5 Å². The number of rotatable bonds is 8. The van der Waals surface area contributed by atoms with E-state index in [1.54, 1.807) is 37.3 Å². The van der Waals surface area contributed by atoms with Gasteiger partial charge in [0.25, 0.3) is 5.91 Å². The van der Waals surface area contributed by atoms with Gasteiger partial charge >= 0.3 is 5.97 Å². The number of carbonyl (C=O) groups is 2. The summed E-state index contributed by atoms with van der Waals surface area (Å²) in [6.45, 7) is 2.66. The molecule has 35 heavy (non-hydrogen) atoms. The van der Waals surface area contributed by atoms with Crippen LogP contribution in [-0.2, 0) is 21.6 Å². The normalized spacial score (nSPS) is 16.5. The molecule has 6 nitrogen and oxygen atoms in total. The van der Waals surface area contributed by atoms with Crippen LogP contribution in [0.4, 0.5) is 0 Å². The number of para-hydroxylation sites is 1. The molecule has 0 saturated heterocycles. The maximum Gasteiger partial charge on any atom is 0.355 e. The third-order valence-corrected chi connectivity index (χ3v) is 6.24. The zero-order valence-corrected chi connectivity index (χ0v) is 20.7. The van der Waals surface area contributed by atoms with Crippen molar-refractivity contribution in [3.05, 3.63) is 93.5 Å². The molecule has 1 aliphatic rings. The van der Waals surface area contributed by atoms with Crippen LogP contribution in [-0.4, -0.2) is 31.6 Å². The molecule has 3 aromatic rings. The summed E-state index contributed by atoms with van der Waals surface area (Å²) >= 11 is 12.5. The van der Waals surface area contributed by atoms with Crippen molar-refractivity contribution in [3.8, 4) is 11.5 Å². The van der Waals surface area contributed by atoms with Gasteiger partial charge in [0.2, 0.25) is 5.60 Å². The number of hydrogen-bond acceptors (Lipinski definition) is 5. The lowest BCUT2D eigenvalue weighted by atomic mass is 9.87. The van der Waals surface area contributed by atoms with E-state index in [0.29, 0.717) is 34.9 Å². The Morgan fingerprint density at radius 3 is 2.66 bits per heavy atom. The fourth-order valence-corrected chi connectivity index (χ4v) is 4.43. The minimum atomic E-state index is -1.41. The van der Waals surface area contributed by atoms with Crippen LogP contribution in [0, 0.1) is 0 Å². The molecule has 1 amide bonds. The van der Waals surface area contributed by atoms with Crippen LogP contribution < -0.4 is 14.8 Å². The Hall–Kier alpha value is -3.22. The zero-order chi connectivity index (χ0) is 24.8. The molecule has 1 unspecified atom stereocenters. The standard InChI is InChI=1S/C27H25Cl2NO5/c1-2-33-26(32)27(13-15-34-23-9-4-3-8-21(23)27)35-24-11-10-19(17-22(24)29)25(31)30-14-12-18-6-5-7-20(28)16-18/h3-11,16-17H,2,12-15H2,1H3,(H,30,31). The molecule has 1 atom stereocenters. The number of fused-ring (bicyclic) bond motifs is 1. The molecule has 3 aromatic carbocycles. The van der Waals surface area contributed by atoms with E-state index in [2.05, 4.69) is 5.32 Å². The SMILES string of the molecule is CCOC(=O)C1(Oc2ccc(C(=O)NCCc3cccc(Cl)c3)cc2Cl)CCOc2ccccc21. The average Bonchev–Trinajstić information content (AvgIpc) is 2.85. The lowest BCUT2D eigenvalue weighted by Gasteiger charge is -2.37. The van der Waals surface area contributed by atoms with Crippen molar-refractivity contribution in [3.63, 3.8) is 0 Å². The van der Waals surface area contributed by atoms with Gasteiger partial charge in [-0.3, -0.25) is 4.79 Å². The number of carbonyl (C=O) groups excluding carboxylic acids is 2. The molecule has 4 rings (SSSR count). The van der Waals surface area contributed by atoms with Crippen LogP contribution >= 0.6 is 23.2 Å². The molecule has 0 aliphatic carbocycles.